The van der Waals surface area contributed by atoms with E-state index in [9.17, 15) is 4.79 Å². The Bertz CT molecular complexity index is 438. The molecule has 13 heavy (non-hydrogen) atoms. The summed E-state index contributed by atoms with van der Waals surface area (Å²) < 4.78 is 1.72. The van der Waals surface area contributed by atoms with Crippen molar-refractivity contribution >= 4 is 62.9 Å². The van der Waals surface area contributed by atoms with E-state index in [2.05, 4.69) is 4.98 Å². The average molecular weight is 201 g/mol. The zero-order valence-electron chi connectivity index (χ0n) is 7.14. The number of aromatic carboxylic acids is 1. The Morgan fingerprint density at radius 3 is 2.92 bits per heavy atom. The second-order valence-electron chi connectivity index (χ2n) is 2.38. The Kier molecular flexibility index (Phi) is 3.63. The molecule has 1 radical (unpaired) electrons. The first-order valence-corrected chi connectivity index (χ1v) is 3.44. The smallest absolute Gasteiger partial charge is 0.356 e. The molecular weight excluding hydrogens is 195 g/mol. The first kappa shape index (κ1) is 10.9. The van der Waals surface area contributed by atoms with Crippen LogP contribution in [0.3, 0.4) is 0 Å². The predicted octanol–water partition coefficient (Wildman–Crippen LogP) is 0.652. The van der Waals surface area contributed by atoms with Crippen molar-refractivity contribution in [1.29, 1.82) is 0 Å². The maximum Gasteiger partial charge on any atom is 0.356 e. The normalized spacial score (nSPS) is 9.54. The maximum absolute atomic E-state index is 10.6. The van der Waals surface area contributed by atoms with E-state index >= 15 is 0 Å². The molecule has 0 amide bonds. The van der Waals surface area contributed by atoms with Gasteiger partial charge in [0.15, 0.2) is 5.69 Å². The minimum absolute atomic E-state index is 0. The molecule has 0 aliphatic heterocycles. The van der Waals surface area contributed by atoms with Crippen molar-refractivity contribution in [2.45, 2.75) is 0 Å². The molecule has 0 aliphatic carbocycles. The third-order valence-corrected chi connectivity index (χ3v) is 1.66. The third kappa shape index (κ3) is 2.00. The fourth-order valence-corrected chi connectivity index (χ4v) is 1.14. The average Bonchev–Trinajstić information content (AvgIpc) is 2.49. The molecule has 0 aliphatic rings. The summed E-state index contributed by atoms with van der Waals surface area (Å²) in [5.74, 6) is -1.00. The maximum atomic E-state index is 10.6. The van der Waals surface area contributed by atoms with Gasteiger partial charge in [-0.1, -0.05) is 0 Å². The third-order valence-electron chi connectivity index (χ3n) is 1.66. The van der Waals surface area contributed by atoms with Crippen molar-refractivity contribution in [2.24, 2.45) is 0 Å². The van der Waals surface area contributed by atoms with Gasteiger partial charge in [-0.2, -0.15) is 0 Å². The topological polar surface area (TPSA) is 54.6 Å². The van der Waals surface area contributed by atoms with Crippen LogP contribution in [-0.4, -0.2) is 71.8 Å². The van der Waals surface area contributed by atoms with Crippen LogP contribution < -0.4 is 0 Å². The molecule has 2 rings (SSSR count). The summed E-state index contributed by atoms with van der Waals surface area (Å²) >= 11 is 0. The van der Waals surface area contributed by atoms with Gasteiger partial charge in [-0.15, -0.1) is 0 Å². The van der Waals surface area contributed by atoms with Gasteiger partial charge in [0.05, 0.1) is 5.52 Å². The van der Waals surface area contributed by atoms with Crippen molar-refractivity contribution in [3.05, 3.63) is 36.4 Å². The van der Waals surface area contributed by atoms with Gasteiger partial charge < -0.3 is 9.51 Å². The van der Waals surface area contributed by atoms with Crippen LogP contribution in [0.2, 0.25) is 0 Å². The van der Waals surface area contributed by atoms with Crippen LogP contribution in [0.1, 0.15) is 10.5 Å². The second kappa shape index (κ2) is 4.34. The molecule has 4 nitrogen and oxygen atoms in total. The number of carbonyl (C=O) groups is 1. The van der Waals surface area contributed by atoms with Gasteiger partial charge in [0, 0.05) is 70.0 Å². The number of nitrogens with zero attached hydrogens (tertiary/aromatic N) is 2. The summed E-state index contributed by atoms with van der Waals surface area (Å²) in [6, 6.07) is 3.50. The minimum Gasteiger partial charge on any atom is -0.476 e. The first-order chi connectivity index (χ1) is 5.79. The summed E-state index contributed by atoms with van der Waals surface area (Å²) in [5.41, 5.74) is 0.701. The van der Waals surface area contributed by atoms with E-state index in [0.717, 1.165) is 0 Å². The van der Waals surface area contributed by atoms with Gasteiger partial charge >= 0.3 is 5.97 Å². The van der Waals surface area contributed by atoms with Gasteiger partial charge in [0.1, 0.15) is 0 Å². The molecule has 0 bridgehead atoms. The van der Waals surface area contributed by atoms with Gasteiger partial charge in [-0.05, 0) is 12.1 Å². The largest absolute Gasteiger partial charge is 0.476 e. The second-order valence-corrected chi connectivity index (χ2v) is 2.38. The fraction of sp³-hybridized carbons (Fsp3) is 0. The molecule has 0 fully saturated rings. The van der Waals surface area contributed by atoms with Crippen LogP contribution in [0.5, 0.6) is 0 Å². The van der Waals surface area contributed by atoms with Crippen molar-refractivity contribution in [3.63, 3.8) is 0 Å². The van der Waals surface area contributed by atoms with Crippen molar-refractivity contribution in [2.75, 3.05) is 0 Å². The molecule has 2 aromatic heterocycles. The van der Waals surface area contributed by atoms with Gasteiger partial charge in [0.25, 0.3) is 0 Å². The number of carboxylic acid groups (broad SMARTS) is 1. The number of rotatable bonds is 1. The number of carboxylic acids is 1. The Labute approximate surface area is 117 Å². The first-order valence-electron chi connectivity index (χ1n) is 3.44. The van der Waals surface area contributed by atoms with Gasteiger partial charge in [-0.3, -0.25) is 0 Å². The Hall–Kier alpha value is -0.204. The molecule has 0 aromatic carbocycles. The van der Waals surface area contributed by atoms with Crippen molar-refractivity contribution < 1.29 is 9.90 Å². The standard InChI is InChI=1S/C8H6N2O2.K/c11-8(12)7-6-2-1-4-10(6)5-3-9-7;/h1-5H,(H,11,12);. The van der Waals surface area contributed by atoms with Crippen molar-refractivity contribution in [3.8, 4) is 0 Å². The zero-order valence-corrected chi connectivity index (χ0v) is 10.3. The summed E-state index contributed by atoms with van der Waals surface area (Å²) in [5, 5.41) is 8.73. The minimum atomic E-state index is -1.00. The molecule has 0 unspecified atom stereocenters. The van der Waals surface area contributed by atoms with Crippen LogP contribution in [-0.2, 0) is 0 Å². The van der Waals surface area contributed by atoms with Gasteiger partial charge in [0.2, 0.25) is 0 Å². The SMILES string of the molecule is O=C(O)c1nccn2cccc12.[K]. The van der Waals surface area contributed by atoms with E-state index in [1.165, 1.54) is 6.20 Å². The molecular formula is C8H6KN2O2. The number of hydrogen-bond donors (Lipinski definition) is 1. The Morgan fingerprint density at radius 1 is 1.46 bits per heavy atom. The van der Waals surface area contributed by atoms with E-state index in [4.69, 9.17) is 5.11 Å². The van der Waals surface area contributed by atoms with Crippen LogP contribution in [0, 0.1) is 0 Å². The molecule has 1 N–H and O–H groups in total. The molecule has 61 valence electrons. The molecule has 0 saturated heterocycles. The molecule has 2 aromatic rings. The fourth-order valence-electron chi connectivity index (χ4n) is 1.14. The molecule has 0 saturated carbocycles. The number of aromatic nitrogens is 2. The van der Waals surface area contributed by atoms with E-state index < -0.39 is 5.97 Å². The summed E-state index contributed by atoms with van der Waals surface area (Å²) in [4.78, 5) is 14.4. The van der Waals surface area contributed by atoms with Crippen LogP contribution in [0.25, 0.3) is 5.52 Å². The summed E-state index contributed by atoms with van der Waals surface area (Å²) in [6.45, 7) is 0. The van der Waals surface area contributed by atoms with Crippen LogP contribution >= 0.6 is 0 Å². The van der Waals surface area contributed by atoms with Crippen LogP contribution in [0.15, 0.2) is 30.7 Å². The quantitative estimate of drug-likeness (QED) is 0.689. The monoisotopic (exact) mass is 201 g/mol. The number of fused-ring (bicyclic) bond motifs is 1. The Balaban J connectivity index is 0.000000845. The predicted molar refractivity (Wildman–Crippen MR) is 47.9 cm³/mol. The number of hydrogen-bond acceptors (Lipinski definition) is 2. The summed E-state index contributed by atoms with van der Waals surface area (Å²) in [7, 11) is 0. The zero-order chi connectivity index (χ0) is 8.55. The van der Waals surface area contributed by atoms with E-state index in [0.29, 0.717) is 5.52 Å². The van der Waals surface area contributed by atoms with E-state index in [-0.39, 0.29) is 57.1 Å². The van der Waals surface area contributed by atoms with Gasteiger partial charge in [-0.25, -0.2) is 9.78 Å². The van der Waals surface area contributed by atoms with Crippen LogP contribution in [0.4, 0.5) is 0 Å². The van der Waals surface area contributed by atoms with Crippen molar-refractivity contribution in [1.82, 2.24) is 9.38 Å². The molecule has 0 atom stereocenters. The molecule has 0 spiro atoms. The Morgan fingerprint density at radius 2 is 2.23 bits per heavy atom. The summed E-state index contributed by atoms with van der Waals surface area (Å²) in [6.07, 6.45) is 4.96. The molecule has 2 heterocycles. The molecule has 5 heteroatoms. The van der Waals surface area contributed by atoms with E-state index in [1.54, 1.807) is 28.9 Å². The van der Waals surface area contributed by atoms with E-state index in [1.807, 2.05) is 0 Å².